The van der Waals surface area contributed by atoms with Gasteiger partial charge in [-0.05, 0) is 31.6 Å². The number of likely N-dealkylation sites (tertiary alicyclic amines) is 2. The molecule has 1 unspecified atom stereocenters. The molecule has 3 saturated heterocycles. The van der Waals surface area contributed by atoms with Gasteiger partial charge in [0.25, 0.3) is 0 Å². The van der Waals surface area contributed by atoms with Crippen LogP contribution in [-0.2, 0) is 15.7 Å². The maximum atomic E-state index is 14.3. The molecule has 4 aliphatic rings. The van der Waals surface area contributed by atoms with Crippen LogP contribution in [0.15, 0.2) is 31.0 Å². The molecule has 4 aliphatic heterocycles. The first-order chi connectivity index (χ1) is 18.7. The number of fused-ring (bicyclic) bond motifs is 2. The molecule has 12 heteroatoms. The number of morpholine rings is 1. The van der Waals surface area contributed by atoms with Gasteiger partial charge >= 0.3 is 6.18 Å². The number of carbonyl (C=O) groups is 1. The summed E-state index contributed by atoms with van der Waals surface area (Å²) in [5, 5.41) is 3.16. The van der Waals surface area contributed by atoms with Crippen molar-refractivity contribution in [2.45, 2.75) is 37.6 Å². The molecule has 6 heterocycles. The van der Waals surface area contributed by atoms with Crippen LogP contribution in [0.2, 0.25) is 0 Å². The van der Waals surface area contributed by atoms with Crippen LogP contribution in [-0.4, -0.2) is 84.2 Å². The van der Waals surface area contributed by atoms with Crippen molar-refractivity contribution in [1.29, 1.82) is 0 Å². The smallest absolute Gasteiger partial charge is 0.437 e. The van der Waals surface area contributed by atoms with Gasteiger partial charge in [-0.25, -0.2) is 9.97 Å². The monoisotopic (exact) mass is 544 g/mol. The molecule has 1 amide bonds. The maximum absolute atomic E-state index is 14.3. The molecule has 0 saturated carbocycles. The summed E-state index contributed by atoms with van der Waals surface area (Å²) in [7, 11) is 0. The Bertz CT molecular complexity index is 1280. The number of nitrogens with one attached hydrogen (secondary N) is 1. The number of carbonyl (C=O) groups excluding carboxylic acids is 1. The van der Waals surface area contributed by atoms with Gasteiger partial charge in [-0.15, -0.1) is 0 Å². The van der Waals surface area contributed by atoms with E-state index < -0.39 is 18.0 Å². The second-order valence-electron chi connectivity index (χ2n) is 10.4. The predicted octanol–water partition coefficient (Wildman–Crippen LogP) is 3.72. The number of alkyl halides is 3. The van der Waals surface area contributed by atoms with Crippen LogP contribution in [0.4, 0.5) is 30.4 Å². The van der Waals surface area contributed by atoms with Crippen molar-refractivity contribution in [2.75, 3.05) is 62.7 Å². The zero-order chi connectivity index (χ0) is 27.3. The Balaban J connectivity index is 1.28. The van der Waals surface area contributed by atoms with Crippen molar-refractivity contribution in [3.63, 3.8) is 0 Å². The van der Waals surface area contributed by atoms with Gasteiger partial charge in [-0.3, -0.25) is 9.69 Å². The molecule has 0 bridgehead atoms. The first-order valence-corrected chi connectivity index (χ1v) is 13.3. The number of halogens is 3. The van der Waals surface area contributed by atoms with Crippen LogP contribution in [0.3, 0.4) is 0 Å². The highest BCUT2D eigenvalue weighted by atomic mass is 19.4. The molecule has 1 N–H and O–H groups in total. The maximum Gasteiger partial charge on any atom is 0.437 e. The van der Waals surface area contributed by atoms with E-state index in [0.717, 1.165) is 12.1 Å². The summed E-state index contributed by atoms with van der Waals surface area (Å²) >= 11 is 0. The molecule has 208 valence electrons. The van der Waals surface area contributed by atoms with E-state index >= 15 is 0 Å². The molecule has 0 aliphatic carbocycles. The third-order valence-corrected chi connectivity index (χ3v) is 8.03. The van der Waals surface area contributed by atoms with E-state index in [0.29, 0.717) is 69.6 Å². The fraction of sp³-hybridized carbons (Fsp3) is 0.519. The molecular formula is C27H31F3N6O3. The largest absolute Gasteiger partial charge is 0.481 e. The van der Waals surface area contributed by atoms with Gasteiger partial charge in [-0.1, -0.05) is 6.58 Å². The number of hydrogen-bond donors (Lipinski definition) is 1. The van der Waals surface area contributed by atoms with Crippen LogP contribution in [0.25, 0.3) is 0 Å². The van der Waals surface area contributed by atoms with Crippen molar-refractivity contribution in [3.05, 3.63) is 47.9 Å². The highest BCUT2D eigenvalue weighted by molar-refractivity contribution is 5.87. The summed E-state index contributed by atoms with van der Waals surface area (Å²) in [6.07, 6.45) is -1.58. The SMILES string of the molecule is C=CC(=O)N1CCC(N2CC(c3cc4c(c(C(F)(F)F)n3)O[C@@H](C)c3c(N5CCOCC5)ccnc3N4)C2)C1. The first kappa shape index (κ1) is 25.9. The normalized spacial score (nSPS) is 23.7. The lowest BCUT2D eigenvalue weighted by atomic mass is 9.92. The topological polar surface area (TPSA) is 83.1 Å². The Morgan fingerprint density at radius 2 is 1.97 bits per heavy atom. The van der Waals surface area contributed by atoms with Crippen LogP contribution >= 0.6 is 0 Å². The van der Waals surface area contributed by atoms with Gasteiger partial charge < -0.3 is 24.6 Å². The summed E-state index contributed by atoms with van der Waals surface area (Å²) < 4.78 is 54.4. The number of rotatable bonds is 4. The van der Waals surface area contributed by atoms with Crippen molar-refractivity contribution < 1.29 is 27.4 Å². The minimum Gasteiger partial charge on any atom is -0.481 e. The number of amides is 1. The lowest BCUT2D eigenvalue weighted by Gasteiger charge is -2.43. The van der Waals surface area contributed by atoms with Gasteiger partial charge in [0.1, 0.15) is 11.9 Å². The van der Waals surface area contributed by atoms with E-state index in [4.69, 9.17) is 9.47 Å². The molecule has 2 aromatic heterocycles. The zero-order valence-electron chi connectivity index (χ0n) is 21.7. The second kappa shape index (κ2) is 9.98. The third-order valence-electron chi connectivity index (χ3n) is 8.03. The fourth-order valence-corrected chi connectivity index (χ4v) is 5.94. The van der Waals surface area contributed by atoms with E-state index in [-0.39, 0.29) is 29.3 Å². The number of anilines is 3. The molecule has 0 radical (unpaired) electrons. The third kappa shape index (κ3) is 4.80. The van der Waals surface area contributed by atoms with Gasteiger partial charge in [0, 0.05) is 68.8 Å². The minimum absolute atomic E-state index is 0.0946. The molecule has 0 spiro atoms. The highest BCUT2D eigenvalue weighted by Crippen LogP contribution is 2.48. The van der Waals surface area contributed by atoms with Crippen LogP contribution in [0, 0.1) is 0 Å². The predicted molar refractivity (Wildman–Crippen MR) is 138 cm³/mol. The molecular weight excluding hydrogens is 513 g/mol. The Morgan fingerprint density at radius 1 is 1.21 bits per heavy atom. The highest BCUT2D eigenvalue weighted by Gasteiger charge is 2.43. The number of pyridine rings is 2. The Hall–Kier alpha value is -3.38. The van der Waals surface area contributed by atoms with E-state index in [1.54, 1.807) is 24.1 Å². The Labute approximate surface area is 224 Å². The van der Waals surface area contributed by atoms with Crippen molar-refractivity contribution in [3.8, 4) is 5.75 Å². The summed E-state index contributed by atoms with van der Waals surface area (Å²) in [5.41, 5.74) is 1.13. The summed E-state index contributed by atoms with van der Waals surface area (Å²) in [6, 6.07) is 3.72. The van der Waals surface area contributed by atoms with Crippen LogP contribution < -0.4 is 15.0 Å². The van der Waals surface area contributed by atoms with Crippen LogP contribution in [0.1, 0.15) is 42.3 Å². The summed E-state index contributed by atoms with van der Waals surface area (Å²) in [5.74, 6) is -0.0863. The van der Waals surface area contributed by atoms with E-state index in [2.05, 4.69) is 31.7 Å². The van der Waals surface area contributed by atoms with Gasteiger partial charge in [-0.2, -0.15) is 13.2 Å². The van der Waals surface area contributed by atoms with Crippen molar-refractivity contribution in [1.82, 2.24) is 19.8 Å². The number of nitrogens with zero attached hydrogens (tertiary/aromatic N) is 5. The lowest BCUT2D eigenvalue weighted by molar-refractivity contribution is -0.143. The summed E-state index contributed by atoms with van der Waals surface area (Å²) in [6.45, 7) is 10.2. The molecule has 0 aromatic carbocycles. The van der Waals surface area contributed by atoms with E-state index in [9.17, 15) is 18.0 Å². The first-order valence-electron chi connectivity index (χ1n) is 13.3. The van der Waals surface area contributed by atoms with E-state index in [1.165, 1.54) is 6.08 Å². The lowest BCUT2D eigenvalue weighted by Crippen LogP contribution is -2.52. The number of aromatic nitrogens is 2. The van der Waals surface area contributed by atoms with E-state index in [1.807, 2.05) is 6.07 Å². The fourth-order valence-electron chi connectivity index (χ4n) is 5.94. The Kier molecular flexibility index (Phi) is 6.62. The van der Waals surface area contributed by atoms with Crippen molar-refractivity contribution in [2.24, 2.45) is 0 Å². The molecule has 9 nitrogen and oxygen atoms in total. The number of ether oxygens (including phenoxy) is 2. The van der Waals surface area contributed by atoms with Crippen LogP contribution in [0.5, 0.6) is 5.75 Å². The molecule has 3 fully saturated rings. The standard InChI is InChI=1S/C27H31F3N6O3/c1-3-22(37)35-7-5-18(15-35)36-13-17(14-36)19-12-20-24(25(32-19)27(28,29)30)39-16(2)23-21(4-6-31-26(23)33-20)34-8-10-38-11-9-34/h3-4,6,12,16-18H,1,5,7-11,13-15H2,2H3,(H,31,33)/t16-,18?/m0/s1. The van der Waals surface area contributed by atoms with Gasteiger partial charge in [0.05, 0.1) is 24.5 Å². The molecule has 39 heavy (non-hydrogen) atoms. The minimum atomic E-state index is -4.70. The average Bonchev–Trinajstić information content (AvgIpc) is 3.32. The zero-order valence-corrected chi connectivity index (χ0v) is 21.7. The van der Waals surface area contributed by atoms with Gasteiger partial charge in [0.2, 0.25) is 5.91 Å². The van der Waals surface area contributed by atoms with Gasteiger partial charge in [0.15, 0.2) is 11.4 Å². The summed E-state index contributed by atoms with van der Waals surface area (Å²) in [4.78, 5) is 26.6. The molecule has 2 aromatic rings. The van der Waals surface area contributed by atoms with Crippen molar-refractivity contribution >= 4 is 23.1 Å². The molecule has 2 atom stereocenters. The quantitative estimate of drug-likeness (QED) is 0.584. The average molecular weight is 545 g/mol. The Morgan fingerprint density at radius 3 is 2.69 bits per heavy atom. The molecule has 6 rings (SSSR count). The number of hydrogen-bond acceptors (Lipinski definition) is 8. The second-order valence-corrected chi connectivity index (χ2v) is 10.4.